The molecule has 1 saturated heterocycles. The van der Waals surface area contributed by atoms with Gasteiger partial charge in [0.05, 0.1) is 28.9 Å². The van der Waals surface area contributed by atoms with Gasteiger partial charge in [-0.1, -0.05) is 62.7 Å². The van der Waals surface area contributed by atoms with Crippen molar-refractivity contribution >= 4 is 34.2 Å². The lowest BCUT2D eigenvalue weighted by Crippen LogP contribution is -2.63. The van der Waals surface area contributed by atoms with Crippen LogP contribution in [0.5, 0.6) is 0 Å². The molecule has 3 saturated carbocycles. The van der Waals surface area contributed by atoms with Gasteiger partial charge in [-0.15, -0.1) is 0 Å². The van der Waals surface area contributed by atoms with E-state index in [2.05, 4.69) is 30.7 Å². The molecule has 9 heteroatoms. The van der Waals surface area contributed by atoms with Crippen LogP contribution >= 0.6 is 11.8 Å². The highest BCUT2D eigenvalue weighted by molar-refractivity contribution is 7.99. The van der Waals surface area contributed by atoms with Gasteiger partial charge >= 0.3 is 0 Å². The van der Waals surface area contributed by atoms with Gasteiger partial charge in [0.2, 0.25) is 0 Å². The number of carbonyl (C=O) groups excluding carboxylic acids is 2. The normalized spacial score (nSPS) is 40.3. The summed E-state index contributed by atoms with van der Waals surface area (Å²) in [6.07, 6.45) is 8.21. The van der Waals surface area contributed by atoms with Crippen LogP contribution in [-0.4, -0.2) is 56.5 Å². The van der Waals surface area contributed by atoms with Crippen LogP contribution in [0.25, 0.3) is 10.9 Å². The number of ether oxygens (including phenoxy) is 2. The second-order valence-corrected chi connectivity index (χ2v) is 14.2. The number of fused-ring (bicyclic) bond motifs is 8. The largest absolute Gasteiger partial charge is 0.393 e. The minimum absolute atomic E-state index is 0.0134. The predicted octanol–water partition coefficient (Wildman–Crippen LogP) is 4.75. The van der Waals surface area contributed by atoms with E-state index in [4.69, 9.17) is 9.47 Å². The molecule has 4 fully saturated rings. The summed E-state index contributed by atoms with van der Waals surface area (Å²) in [4.78, 5) is 46.7. The Hall–Kier alpha value is -2.59. The molecule has 2 heterocycles. The SMILES string of the molecule is CCC[C@@H]1O[C@H]2CC3C4CCC5=CC(=O)C=CC5(C)C4[C@@H](O)CC3(C)[C@]2(C(=O)CSc2nc3ccccc3c(=O)[nH]2)O1. The quantitative estimate of drug-likeness (QED) is 0.366. The molecule has 222 valence electrons. The van der Waals surface area contributed by atoms with E-state index in [0.29, 0.717) is 35.3 Å². The second kappa shape index (κ2) is 9.97. The van der Waals surface area contributed by atoms with Gasteiger partial charge < -0.3 is 19.6 Å². The predicted molar refractivity (Wildman–Crippen MR) is 159 cm³/mol. The van der Waals surface area contributed by atoms with Crippen molar-refractivity contribution in [3.05, 3.63) is 58.4 Å². The van der Waals surface area contributed by atoms with Crippen molar-refractivity contribution in [3.63, 3.8) is 0 Å². The number of allylic oxidation sites excluding steroid dienone is 4. The lowest BCUT2D eigenvalue weighted by molar-refractivity contribution is -0.197. The van der Waals surface area contributed by atoms with E-state index in [-0.39, 0.29) is 46.0 Å². The average Bonchev–Trinajstić information content (AvgIpc) is 3.44. The van der Waals surface area contributed by atoms with E-state index < -0.39 is 29.5 Å². The molecule has 2 aromatic rings. The maximum atomic E-state index is 14.5. The van der Waals surface area contributed by atoms with Crippen molar-refractivity contribution in [3.8, 4) is 0 Å². The molecule has 0 bridgehead atoms. The van der Waals surface area contributed by atoms with Crippen molar-refractivity contribution in [2.75, 3.05) is 5.75 Å². The molecule has 0 spiro atoms. The van der Waals surface area contributed by atoms with Gasteiger partial charge in [-0.05, 0) is 68.2 Å². The Morgan fingerprint density at radius 2 is 2.05 bits per heavy atom. The highest BCUT2D eigenvalue weighted by Gasteiger charge is 2.75. The number of aromatic nitrogens is 2. The molecule has 7 rings (SSSR count). The topological polar surface area (TPSA) is 119 Å². The number of nitrogens with zero attached hydrogens (tertiary/aromatic N) is 1. The van der Waals surface area contributed by atoms with Crippen LogP contribution in [0, 0.1) is 28.6 Å². The number of aromatic amines is 1. The van der Waals surface area contributed by atoms with Crippen molar-refractivity contribution in [1.82, 2.24) is 9.97 Å². The second-order valence-electron chi connectivity index (χ2n) is 13.2. The van der Waals surface area contributed by atoms with Crippen LogP contribution in [0.3, 0.4) is 0 Å². The fraction of sp³-hybridized carbons (Fsp3) is 0.576. The minimum atomic E-state index is -1.19. The van der Waals surface area contributed by atoms with Crippen LogP contribution in [0.4, 0.5) is 0 Å². The summed E-state index contributed by atoms with van der Waals surface area (Å²) in [6, 6.07) is 7.16. The Balaban J connectivity index is 1.22. The molecule has 1 aromatic carbocycles. The van der Waals surface area contributed by atoms with Gasteiger partial charge in [0.1, 0.15) is 0 Å². The molecule has 5 unspecified atom stereocenters. The molecule has 8 nitrogen and oxygen atoms in total. The van der Waals surface area contributed by atoms with Crippen molar-refractivity contribution in [2.45, 2.75) is 88.6 Å². The molecule has 0 amide bonds. The monoisotopic (exact) mass is 590 g/mol. The molecule has 5 aliphatic rings. The molecule has 1 aliphatic heterocycles. The van der Waals surface area contributed by atoms with E-state index in [1.807, 2.05) is 12.1 Å². The number of H-pyrrole nitrogens is 1. The zero-order valence-electron chi connectivity index (χ0n) is 24.3. The summed E-state index contributed by atoms with van der Waals surface area (Å²) in [5.41, 5.74) is -0.754. The fourth-order valence-electron chi connectivity index (χ4n) is 9.38. The van der Waals surface area contributed by atoms with Gasteiger partial charge in [-0.2, -0.15) is 0 Å². The maximum Gasteiger partial charge on any atom is 0.259 e. The van der Waals surface area contributed by atoms with Crippen molar-refractivity contribution in [2.24, 2.45) is 28.6 Å². The standard InChI is InChI=1S/C33H38N2O6S/c1-4-7-27-40-26-15-22-20-11-10-18-14-19(36)12-13-31(18,2)28(20)24(37)16-32(22,3)33(26,41-27)25(38)17-42-30-34-23-9-6-5-8-21(23)29(39)35-30/h5-6,8-9,12-14,20,22,24,26-28,37H,4,7,10-11,15-17H2,1-3H3,(H,34,35,39)/t20?,22?,24-,26-,27+,28?,31?,32?,33+/m0/s1. The number of para-hydroxylation sites is 1. The van der Waals surface area contributed by atoms with Gasteiger partial charge in [0.25, 0.3) is 5.56 Å². The molecule has 1 aromatic heterocycles. The first-order valence-corrected chi connectivity index (χ1v) is 16.2. The Morgan fingerprint density at radius 1 is 1.24 bits per heavy atom. The number of hydrogen-bond donors (Lipinski definition) is 2. The van der Waals surface area contributed by atoms with E-state index >= 15 is 0 Å². The van der Waals surface area contributed by atoms with Gasteiger partial charge in [0, 0.05) is 16.7 Å². The smallest absolute Gasteiger partial charge is 0.259 e. The number of thioether (sulfide) groups is 1. The van der Waals surface area contributed by atoms with Gasteiger partial charge in [-0.3, -0.25) is 14.4 Å². The first-order chi connectivity index (χ1) is 20.1. The highest BCUT2D eigenvalue weighted by atomic mass is 32.2. The molecule has 2 N–H and O–H groups in total. The van der Waals surface area contributed by atoms with E-state index in [0.717, 1.165) is 24.8 Å². The molecular weight excluding hydrogens is 552 g/mol. The Kier molecular flexibility index (Phi) is 6.70. The lowest BCUT2D eigenvalue weighted by Gasteiger charge is -2.59. The summed E-state index contributed by atoms with van der Waals surface area (Å²) in [7, 11) is 0. The number of ketones is 2. The number of hydrogen-bond acceptors (Lipinski definition) is 8. The van der Waals surface area contributed by atoms with Crippen LogP contribution in [-0.2, 0) is 19.1 Å². The summed E-state index contributed by atoms with van der Waals surface area (Å²) >= 11 is 1.22. The number of nitrogens with one attached hydrogen (secondary N) is 1. The van der Waals surface area contributed by atoms with Crippen LogP contribution in [0.1, 0.15) is 59.3 Å². The number of aliphatic hydroxyl groups is 1. The number of aliphatic hydroxyl groups excluding tert-OH is 1. The molecule has 4 aliphatic carbocycles. The number of Topliss-reactive ketones (excluding diaryl/α,β-unsaturated/α-hetero) is 1. The lowest BCUT2D eigenvalue weighted by atomic mass is 9.46. The third-order valence-electron chi connectivity index (χ3n) is 11.2. The Labute approximate surface area is 249 Å². The van der Waals surface area contributed by atoms with Crippen LogP contribution in [0.15, 0.2) is 58.0 Å². The minimum Gasteiger partial charge on any atom is -0.393 e. The van der Waals surface area contributed by atoms with E-state index in [1.165, 1.54) is 11.8 Å². The third kappa shape index (κ3) is 3.92. The summed E-state index contributed by atoms with van der Waals surface area (Å²) in [6.45, 7) is 6.35. The zero-order chi connectivity index (χ0) is 29.4. The zero-order valence-corrected chi connectivity index (χ0v) is 25.1. The van der Waals surface area contributed by atoms with Crippen LogP contribution < -0.4 is 5.56 Å². The highest BCUT2D eigenvalue weighted by Crippen LogP contribution is 2.69. The van der Waals surface area contributed by atoms with E-state index in [9.17, 15) is 19.5 Å². The summed E-state index contributed by atoms with van der Waals surface area (Å²) < 4.78 is 13.3. The maximum absolute atomic E-state index is 14.5. The molecule has 0 radical (unpaired) electrons. The third-order valence-corrected chi connectivity index (χ3v) is 12.0. The molecular formula is C33H38N2O6S. The average molecular weight is 591 g/mol. The first kappa shape index (κ1) is 28.2. The van der Waals surface area contributed by atoms with E-state index in [1.54, 1.807) is 30.4 Å². The molecule has 9 atom stereocenters. The number of rotatable bonds is 6. The summed E-state index contributed by atoms with van der Waals surface area (Å²) in [5.74, 6) is 0.251. The number of benzene rings is 1. The molecule has 42 heavy (non-hydrogen) atoms. The van der Waals surface area contributed by atoms with Gasteiger partial charge in [-0.25, -0.2) is 4.98 Å². The summed E-state index contributed by atoms with van der Waals surface area (Å²) in [5, 5.41) is 12.8. The van der Waals surface area contributed by atoms with Crippen molar-refractivity contribution < 1.29 is 24.2 Å². The fourth-order valence-corrected chi connectivity index (χ4v) is 10.2. The first-order valence-electron chi connectivity index (χ1n) is 15.2. The van der Waals surface area contributed by atoms with Crippen molar-refractivity contribution in [1.29, 1.82) is 0 Å². The Bertz CT molecular complexity index is 1580. The van der Waals surface area contributed by atoms with Gasteiger partial charge in [0.15, 0.2) is 28.6 Å². The van der Waals surface area contributed by atoms with Crippen LogP contribution in [0.2, 0.25) is 0 Å². The number of carbonyl (C=O) groups is 2. The Morgan fingerprint density at radius 3 is 2.86 bits per heavy atom.